The number of hydrogen-bond donors (Lipinski definition) is 3. The maximum atomic E-state index is 12.4. The zero-order valence-electron chi connectivity index (χ0n) is 20.0. The standard InChI is InChI=1S/C18H24N4O4S.C4H4O4/c1-21(2)8-9-22(3)17(24)13-11-27-18(19-13)20-16(23)12-6-7-14(25-4)15(10-12)26-5;5-3(6)1-2-4(7)8/h6-7,10-11H,8-9H2,1-5H3,(H,19,20,23);1-2H,(H,5,6)(H,7,8)/b;2-1+. The van der Waals surface area contributed by atoms with Crippen molar-refractivity contribution < 1.29 is 38.9 Å². The molecule has 2 rings (SSSR count). The Kier molecular flexibility index (Phi) is 11.9. The first kappa shape index (κ1) is 29.1. The summed E-state index contributed by atoms with van der Waals surface area (Å²) < 4.78 is 10.4. The molecular formula is C22H28N4O8S. The van der Waals surface area contributed by atoms with Gasteiger partial charge < -0.3 is 29.5 Å². The number of aliphatic carboxylic acids is 2. The van der Waals surface area contributed by atoms with Gasteiger partial charge in [0.25, 0.3) is 11.8 Å². The second-order valence-electron chi connectivity index (χ2n) is 7.10. The number of thiazole rings is 1. The molecule has 0 aliphatic carbocycles. The molecule has 13 heteroatoms. The highest BCUT2D eigenvalue weighted by Gasteiger charge is 2.17. The van der Waals surface area contributed by atoms with E-state index in [-0.39, 0.29) is 11.8 Å². The van der Waals surface area contributed by atoms with Gasteiger partial charge in [0.2, 0.25) is 0 Å². The lowest BCUT2D eigenvalue weighted by molar-refractivity contribution is -0.134. The number of nitrogens with one attached hydrogen (secondary N) is 1. The molecule has 1 aromatic heterocycles. The largest absolute Gasteiger partial charge is 0.493 e. The predicted octanol–water partition coefficient (Wildman–Crippen LogP) is 1.76. The van der Waals surface area contributed by atoms with Gasteiger partial charge in [0.1, 0.15) is 5.69 Å². The zero-order valence-corrected chi connectivity index (χ0v) is 20.8. The third kappa shape index (κ3) is 10.2. The Hall–Kier alpha value is -3.97. The summed E-state index contributed by atoms with van der Waals surface area (Å²) in [6, 6.07) is 4.87. The molecule has 35 heavy (non-hydrogen) atoms. The highest BCUT2D eigenvalue weighted by atomic mass is 32.1. The first-order chi connectivity index (χ1) is 16.5. The van der Waals surface area contributed by atoms with E-state index in [0.717, 1.165) is 6.54 Å². The maximum absolute atomic E-state index is 12.4. The van der Waals surface area contributed by atoms with Crippen molar-refractivity contribution in [3.8, 4) is 11.5 Å². The highest BCUT2D eigenvalue weighted by Crippen LogP contribution is 2.28. The summed E-state index contributed by atoms with van der Waals surface area (Å²) in [6.45, 7) is 1.35. The van der Waals surface area contributed by atoms with Gasteiger partial charge in [-0.2, -0.15) is 0 Å². The number of carbonyl (C=O) groups is 4. The van der Waals surface area contributed by atoms with Crippen LogP contribution in [-0.4, -0.2) is 97.2 Å². The van der Waals surface area contributed by atoms with E-state index in [1.54, 1.807) is 35.5 Å². The van der Waals surface area contributed by atoms with Crippen LogP contribution in [0.25, 0.3) is 0 Å². The van der Waals surface area contributed by atoms with Gasteiger partial charge in [-0.1, -0.05) is 0 Å². The number of rotatable bonds is 10. The lowest BCUT2D eigenvalue weighted by atomic mass is 10.2. The Morgan fingerprint density at radius 2 is 1.60 bits per heavy atom. The van der Waals surface area contributed by atoms with Gasteiger partial charge in [-0.25, -0.2) is 14.6 Å². The van der Waals surface area contributed by atoms with Crippen molar-refractivity contribution in [2.45, 2.75) is 0 Å². The van der Waals surface area contributed by atoms with Crippen LogP contribution in [0.3, 0.4) is 0 Å². The minimum Gasteiger partial charge on any atom is -0.493 e. The molecule has 0 aliphatic rings. The van der Waals surface area contributed by atoms with Crippen molar-refractivity contribution >= 4 is 40.2 Å². The van der Waals surface area contributed by atoms with Crippen LogP contribution < -0.4 is 14.8 Å². The van der Waals surface area contributed by atoms with Crippen molar-refractivity contribution in [3.63, 3.8) is 0 Å². The summed E-state index contributed by atoms with van der Waals surface area (Å²) >= 11 is 1.20. The molecule has 2 aromatic rings. The van der Waals surface area contributed by atoms with E-state index in [4.69, 9.17) is 19.7 Å². The lowest BCUT2D eigenvalue weighted by Crippen LogP contribution is -2.33. The van der Waals surface area contributed by atoms with Crippen molar-refractivity contribution in [1.82, 2.24) is 14.8 Å². The van der Waals surface area contributed by atoms with Gasteiger partial charge in [0, 0.05) is 43.2 Å². The van der Waals surface area contributed by atoms with E-state index in [0.29, 0.717) is 46.6 Å². The number of methoxy groups -OCH3 is 2. The minimum atomic E-state index is -1.26. The van der Waals surface area contributed by atoms with Crippen LogP contribution >= 0.6 is 11.3 Å². The summed E-state index contributed by atoms with van der Waals surface area (Å²) in [6.07, 6.45) is 1.12. The van der Waals surface area contributed by atoms with Gasteiger partial charge in [-0.15, -0.1) is 11.3 Å². The van der Waals surface area contributed by atoms with Gasteiger partial charge in [0.05, 0.1) is 14.2 Å². The van der Waals surface area contributed by atoms with Crippen LogP contribution in [0, 0.1) is 0 Å². The molecule has 0 saturated carbocycles. The molecule has 1 aromatic carbocycles. The van der Waals surface area contributed by atoms with Crippen LogP contribution in [0.5, 0.6) is 11.5 Å². The SMILES string of the molecule is COc1ccc(C(=O)Nc2nc(C(=O)N(C)CCN(C)C)cs2)cc1OC.O=C(O)/C=C/C(=O)O. The number of aromatic nitrogens is 1. The van der Waals surface area contributed by atoms with Gasteiger partial charge in [-0.3, -0.25) is 14.9 Å². The van der Waals surface area contributed by atoms with E-state index in [2.05, 4.69) is 10.3 Å². The fourth-order valence-corrected chi connectivity index (χ4v) is 3.05. The average molecular weight is 509 g/mol. The number of ether oxygens (including phenoxy) is 2. The Morgan fingerprint density at radius 1 is 1.00 bits per heavy atom. The van der Waals surface area contributed by atoms with E-state index in [1.807, 2.05) is 19.0 Å². The zero-order chi connectivity index (χ0) is 26.5. The van der Waals surface area contributed by atoms with Gasteiger partial charge in [-0.05, 0) is 32.3 Å². The second kappa shape index (κ2) is 14.3. The number of hydrogen-bond acceptors (Lipinski definition) is 9. The van der Waals surface area contributed by atoms with E-state index in [9.17, 15) is 19.2 Å². The lowest BCUT2D eigenvalue weighted by Gasteiger charge is -2.18. The normalized spacial score (nSPS) is 10.3. The highest BCUT2D eigenvalue weighted by molar-refractivity contribution is 7.14. The molecule has 0 saturated heterocycles. The molecule has 12 nitrogen and oxygen atoms in total. The summed E-state index contributed by atoms with van der Waals surface area (Å²) in [5, 5.41) is 20.3. The number of carbonyl (C=O) groups excluding carboxylic acids is 2. The second-order valence-corrected chi connectivity index (χ2v) is 7.96. The van der Waals surface area contributed by atoms with Gasteiger partial charge >= 0.3 is 11.9 Å². The topological polar surface area (TPSA) is 159 Å². The molecule has 0 fully saturated rings. The molecule has 0 atom stereocenters. The summed E-state index contributed by atoms with van der Waals surface area (Å²) in [5.74, 6) is -2.04. The summed E-state index contributed by atoms with van der Waals surface area (Å²) in [7, 11) is 8.66. The molecule has 3 N–H and O–H groups in total. The minimum absolute atomic E-state index is 0.181. The monoisotopic (exact) mass is 508 g/mol. The molecule has 0 bridgehead atoms. The number of amides is 2. The quantitative estimate of drug-likeness (QED) is 0.404. The van der Waals surface area contributed by atoms with Crippen LogP contribution in [0.15, 0.2) is 35.7 Å². The van der Waals surface area contributed by atoms with Crippen LogP contribution in [0.1, 0.15) is 20.8 Å². The predicted molar refractivity (Wildman–Crippen MR) is 130 cm³/mol. The molecule has 2 amide bonds. The number of carboxylic acids is 2. The number of nitrogens with zero attached hydrogens (tertiary/aromatic N) is 3. The van der Waals surface area contributed by atoms with Crippen molar-refractivity contribution in [1.29, 1.82) is 0 Å². The number of carboxylic acid groups (broad SMARTS) is 2. The van der Waals surface area contributed by atoms with Crippen molar-refractivity contribution in [2.75, 3.05) is 53.8 Å². The molecule has 1 heterocycles. The van der Waals surface area contributed by atoms with Crippen LogP contribution in [0.2, 0.25) is 0 Å². The molecule has 0 unspecified atom stereocenters. The van der Waals surface area contributed by atoms with E-state index in [1.165, 1.54) is 25.6 Å². The maximum Gasteiger partial charge on any atom is 0.328 e. The Bertz CT molecular complexity index is 1050. The Labute approximate surface area is 206 Å². The molecule has 190 valence electrons. The van der Waals surface area contributed by atoms with E-state index < -0.39 is 11.9 Å². The third-order valence-corrected chi connectivity index (χ3v) is 4.95. The first-order valence-electron chi connectivity index (χ1n) is 10.0. The molecule has 0 spiro atoms. The number of anilines is 1. The molecule has 0 radical (unpaired) electrons. The number of likely N-dealkylation sites (N-methyl/N-ethyl adjacent to an activating group) is 2. The third-order valence-electron chi connectivity index (χ3n) is 4.19. The smallest absolute Gasteiger partial charge is 0.328 e. The number of benzene rings is 1. The first-order valence-corrected chi connectivity index (χ1v) is 10.9. The van der Waals surface area contributed by atoms with Crippen molar-refractivity contribution in [3.05, 3.63) is 47.0 Å². The molecule has 0 aliphatic heterocycles. The average Bonchev–Trinajstić information content (AvgIpc) is 3.28. The van der Waals surface area contributed by atoms with Gasteiger partial charge in [0.15, 0.2) is 16.6 Å². The summed E-state index contributed by atoms with van der Waals surface area (Å²) in [4.78, 5) is 51.8. The Balaban J connectivity index is 0.000000658. The molecular weight excluding hydrogens is 480 g/mol. The van der Waals surface area contributed by atoms with E-state index >= 15 is 0 Å². The van der Waals surface area contributed by atoms with Crippen LogP contribution in [-0.2, 0) is 9.59 Å². The summed E-state index contributed by atoms with van der Waals surface area (Å²) in [5.41, 5.74) is 0.711. The van der Waals surface area contributed by atoms with Crippen molar-refractivity contribution in [2.24, 2.45) is 0 Å². The Morgan fingerprint density at radius 3 is 2.11 bits per heavy atom. The van der Waals surface area contributed by atoms with Crippen LogP contribution in [0.4, 0.5) is 5.13 Å². The fraction of sp³-hybridized carbons (Fsp3) is 0.318. The fourth-order valence-electron chi connectivity index (χ4n) is 2.37.